The standard InChI is InChI=1S/C20H18FNO5S/c1-26-14-7-8-15(16(11-14)27-2)22-19(24)17(12-3-5-13(21)6-4-12)18(20(22)25)28-10-9-23/h3-8,11,23H,9-10H2,1-2H3. The molecule has 146 valence electrons. The molecule has 2 amide bonds. The zero-order valence-electron chi connectivity index (χ0n) is 15.3. The predicted octanol–water partition coefficient (Wildman–Crippen LogP) is 2.85. The van der Waals surface area contributed by atoms with Gasteiger partial charge >= 0.3 is 0 Å². The molecule has 1 aliphatic heterocycles. The molecule has 0 fully saturated rings. The minimum atomic E-state index is -0.541. The van der Waals surface area contributed by atoms with Crippen LogP contribution >= 0.6 is 11.8 Å². The van der Waals surface area contributed by atoms with Crippen molar-refractivity contribution in [3.63, 3.8) is 0 Å². The van der Waals surface area contributed by atoms with E-state index in [1.54, 1.807) is 18.2 Å². The third kappa shape index (κ3) is 3.61. The van der Waals surface area contributed by atoms with Gasteiger partial charge in [-0.1, -0.05) is 12.1 Å². The summed E-state index contributed by atoms with van der Waals surface area (Å²) in [5.74, 6) is -0.451. The second-order valence-electron chi connectivity index (χ2n) is 5.77. The van der Waals surface area contributed by atoms with E-state index in [2.05, 4.69) is 0 Å². The summed E-state index contributed by atoms with van der Waals surface area (Å²) >= 11 is 1.08. The van der Waals surface area contributed by atoms with E-state index in [0.717, 1.165) is 16.7 Å². The second kappa shape index (κ2) is 8.45. The Morgan fingerprint density at radius 3 is 2.36 bits per heavy atom. The SMILES string of the molecule is COc1ccc(N2C(=O)C(SCCO)=C(c3ccc(F)cc3)C2=O)c(OC)c1. The number of anilines is 1. The summed E-state index contributed by atoms with van der Waals surface area (Å²) in [7, 11) is 2.93. The molecular weight excluding hydrogens is 385 g/mol. The lowest BCUT2D eigenvalue weighted by Crippen LogP contribution is -2.31. The van der Waals surface area contributed by atoms with E-state index in [1.807, 2.05) is 0 Å². The normalized spacial score (nSPS) is 14.1. The fourth-order valence-electron chi connectivity index (χ4n) is 2.85. The Labute approximate surface area is 165 Å². The van der Waals surface area contributed by atoms with E-state index < -0.39 is 17.6 Å². The molecule has 0 saturated carbocycles. The topological polar surface area (TPSA) is 76.1 Å². The number of benzene rings is 2. The fraction of sp³-hybridized carbons (Fsp3) is 0.200. The molecule has 0 spiro atoms. The lowest BCUT2D eigenvalue weighted by Gasteiger charge is -2.19. The third-order valence-electron chi connectivity index (χ3n) is 4.14. The molecule has 0 aromatic heterocycles. The van der Waals surface area contributed by atoms with E-state index >= 15 is 0 Å². The van der Waals surface area contributed by atoms with Crippen molar-refractivity contribution in [1.82, 2.24) is 0 Å². The summed E-state index contributed by atoms with van der Waals surface area (Å²) in [6.45, 7) is -0.155. The Morgan fingerprint density at radius 2 is 1.75 bits per heavy atom. The number of hydrogen-bond donors (Lipinski definition) is 1. The molecule has 0 radical (unpaired) electrons. The number of imide groups is 1. The molecule has 2 aromatic carbocycles. The molecule has 0 saturated heterocycles. The van der Waals surface area contributed by atoms with Crippen LogP contribution in [0.3, 0.4) is 0 Å². The summed E-state index contributed by atoms with van der Waals surface area (Å²) in [5.41, 5.74) is 0.869. The van der Waals surface area contributed by atoms with Crippen molar-refractivity contribution in [3.8, 4) is 11.5 Å². The Kier molecular flexibility index (Phi) is 6.01. The van der Waals surface area contributed by atoms with E-state index in [-0.39, 0.29) is 28.5 Å². The van der Waals surface area contributed by atoms with Crippen molar-refractivity contribution in [2.45, 2.75) is 0 Å². The van der Waals surface area contributed by atoms with Crippen molar-refractivity contribution in [2.75, 3.05) is 31.5 Å². The number of aliphatic hydroxyl groups excluding tert-OH is 1. The summed E-state index contributed by atoms with van der Waals surface area (Å²) in [6, 6.07) is 10.1. The summed E-state index contributed by atoms with van der Waals surface area (Å²) in [6.07, 6.45) is 0. The molecule has 0 unspecified atom stereocenters. The van der Waals surface area contributed by atoms with Crippen molar-refractivity contribution in [3.05, 3.63) is 58.8 Å². The van der Waals surface area contributed by atoms with Crippen molar-refractivity contribution in [2.24, 2.45) is 0 Å². The number of ether oxygens (including phenoxy) is 2. The first kappa shape index (κ1) is 19.9. The summed E-state index contributed by atoms with van der Waals surface area (Å²) in [5, 5.41) is 9.16. The lowest BCUT2D eigenvalue weighted by atomic mass is 10.1. The second-order valence-corrected chi connectivity index (χ2v) is 6.87. The predicted molar refractivity (Wildman–Crippen MR) is 105 cm³/mol. The highest BCUT2D eigenvalue weighted by Gasteiger charge is 2.41. The van der Waals surface area contributed by atoms with Crippen LogP contribution in [-0.4, -0.2) is 43.5 Å². The zero-order valence-corrected chi connectivity index (χ0v) is 16.1. The van der Waals surface area contributed by atoms with Gasteiger partial charge in [0, 0.05) is 11.8 Å². The number of carbonyl (C=O) groups is 2. The van der Waals surface area contributed by atoms with Gasteiger partial charge in [-0.25, -0.2) is 9.29 Å². The first-order valence-electron chi connectivity index (χ1n) is 8.36. The van der Waals surface area contributed by atoms with Crippen LogP contribution in [0.25, 0.3) is 5.57 Å². The molecule has 3 rings (SSSR count). The Morgan fingerprint density at radius 1 is 1.04 bits per heavy atom. The minimum absolute atomic E-state index is 0.155. The molecule has 1 aliphatic rings. The van der Waals surface area contributed by atoms with Gasteiger partial charge in [0.05, 0.1) is 37.0 Å². The van der Waals surface area contributed by atoms with Gasteiger partial charge in [-0.3, -0.25) is 9.59 Å². The Balaban J connectivity index is 2.09. The van der Waals surface area contributed by atoms with Crippen LogP contribution in [0.1, 0.15) is 5.56 Å². The van der Waals surface area contributed by atoms with Crippen LogP contribution in [0.15, 0.2) is 47.4 Å². The maximum Gasteiger partial charge on any atom is 0.272 e. The summed E-state index contributed by atoms with van der Waals surface area (Å²) in [4.78, 5) is 27.5. The van der Waals surface area contributed by atoms with Gasteiger partial charge in [-0.2, -0.15) is 0 Å². The average molecular weight is 403 g/mol. The van der Waals surface area contributed by atoms with E-state index in [9.17, 15) is 14.0 Å². The maximum absolute atomic E-state index is 13.3. The van der Waals surface area contributed by atoms with Gasteiger partial charge in [0.2, 0.25) is 0 Å². The Hall–Kier alpha value is -2.84. The number of amides is 2. The minimum Gasteiger partial charge on any atom is -0.497 e. The molecule has 1 N–H and O–H groups in total. The third-order valence-corrected chi connectivity index (χ3v) is 5.19. The van der Waals surface area contributed by atoms with Gasteiger partial charge in [0.1, 0.15) is 17.3 Å². The van der Waals surface area contributed by atoms with Crippen molar-refractivity contribution < 1.29 is 28.6 Å². The van der Waals surface area contributed by atoms with Crippen molar-refractivity contribution in [1.29, 1.82) is 0 Å². The molecule has 8 heteroatoms. The van der Waals surface area contributed by atoms with Crippen LogP contribution in [0.2, 0.25) is 0 Å². The van der Waals surface area contributed by atoms with E-state index in [4.69, 9.17) is 14.6 Å². The maximum atomic E-state index is 13.3. The smallest absolute Gasteiger partial charge is 0.272 e. The van der Waals surface area contributed by atoms with Crippen LogP contribution in [0, 0.1) is 5.82 Å². The van der Waals surface area contributed by atoms with E-state index in [1.165, 1.54) is 38.5 Å². The van der Waals surface area contributed by atoms with Crippen LogP contribution in [0.4, 0.5) is 10.1 Å². The van der Waals surface area contributed by atoms with Gasteiger partial charge in [0.15, 0.2) is 0 Å². The monoisotopic (exact) mass is 403 g/mol. The number of carbonyl (C=O) groups excluding carboxylic acids is 2. The molecule has 0 bridgehead atoms. The molecular formula is C20H18FNO5S. The van der Waals surface area contributed by atoms with Gasteiger partial charge in [0.25, 0.3) is 11.8 Å². The highest BCUT2D eigenvalue weighted by atomic mass is 32.2. The fourth-order valence-corrected chi connectivity index (χ4v) is 3.71. The first-order chi connectivity index (χ1) is 13.5. The lowest BCUT2D eigenvalue weighted by molar-refractivity contribution is -0.119. The molecule has 0 aliphatic carbocycles. The van der Waals surface area contributed by atoms with Gasteiger partial charge in [-0.05, 0) is 29.8 Å². The molecule has 28 heavy (non-hydrogen) atoms. The molecule has 2 aromatic rings. The number of nitrogens with zero attached hydrogens (tertiary/aromatic N) is 1. The van der Waals surface area contributed by atoms with Crippen molar-refractivity contribution >= 4 is 34.8 Å². The highest BCUT2D eigenvalue weighted by molar-refractivity contribution is 8.04. The quantitative estimate of drug-likeness (QED) is 0.717. The number of aliphatic hydroxyl groups is 1. The number of thioether (sulfide) groups is 1. The number of rotatable bonds is 7. The van der Waals surface area contributed by atoms with Crippen LogP contribution in [-0.2, 0) is 9.59 Å². The average Bonchev–Trinajstić information content (AvgIpc) is 2.96. The highest BCUT2D eigenvalue weighted by Crippen LogP contribution is 2.42. The van der Waals surface area contributed by atoms with Crippen LogP contribution < -0.4 is 14.4 Å². The zero-order chi connectivity index (χ0) is 20.3. The molecule has 0 atom stereocenters. The molecule has 1 heterocycles. The van der Waals surface area contributed by atoms with Gasteiger partial charge < -0.3 is 14.6 Å². The number of methoxy groups -OCH3 is 2. The number of halogens is 1. The first-order valence-corrected chi connectivity index (χ1v) is 9.35. The van der Waals surface area contributed by atoms with Gasteiger partial charge in [-0.15, -0.1) is 11.8 Å². The summed E-state index contributed by atoms with van der Waals surface area (Å²) < 4.78 is 23.8. The number of hydrogen-bond acceptors (Lipinski definition) is 6. The van der Waals surface area contributed by atoms with E-state index in [0.29, 0.717) is 17.1 Å². The Bertz CT molecular complexity index is 942. The van der Waals surface area contributed by atoms with Crippen LogP contribution in [0.5, 0.6) is 11.5 Å². The molecule has 6 nitrogen and oxygen atoms in total. The largest absolute Gasteiger partial charge is 0.497 e.